The van der Waals surface area contributed by atoms with Crippen molar-refractivity contribution in [1.82, 2.24) is 4.98 Å². The predicted molar refractivity (Wildman–Crippen MR) is 60.8 cm³/mol. The molecule has 2 atom stereocenters. The van der Waals surface area contributed by atoms with Crippen LogP contribution in [-0.4, -0.2) is 11.1 Å². The van der Waals surface area contributed by atoms with E-state index in [9.17, 15) is 0 Å². The van der Waals surface area contributed by atoms with Crippen LogP contribution in [0.5, 0.6) is 5.75 Å². The third kappa shape index (κ3) is 2.49. The van der Waals surface area contributed by atoms with E-state index in [2.05, 4.69) is 18.8 Å². The molecule has 0 bridgehead atoms. The van der Waals surface area contributed by atoms with Gasteiger partial charge in [-0.1, -0.05) is 13.8 Å². The Bertz CT molecular complexity index is 297. The van der Waals surface area contributed by atoms with Crippen molar-refractivity contribution in [2.75, 3.05) is 0 Å². The molecule has 0 spiro atoms. The summed E-state index contributed by atoms with van der Waals surface area (Å²) < 4.78 is 5.99. The fourth-order valence-corrected chi connectivity index (χ4v) is 2.46. The van der Waals surface area contributed by atoms with Crippen LogP contribution in [0.1, 0.15) is 33.1 Å². The molecule has 1 heterocycles. The minimum Gasteiger partial charge on any atom is -0.489 e. The fourth-order valence-electron chi connectivity index (χ4n) is 2.46. The Hall–Kier alpha value is -1.05. The van der Waals surface area contributed by atoms with Crippen LogP contribution in [0.25, 0.3) is 0 Å². The van der Waals surface area contributed by atoms with Crippen LogP contribution in [0.15, 0.2) is 24.5 Å². The van der Waals surface area contributed by atoms with Crippen LogP contribution < -0.4 is 4.74 Å². The Balaban J connectivity index is 2.00. The summed E-state index contributed by atoms with van der Waals surface area (Å²) in [5, 5.41) is 0. The number of pyridine rings is 1. The van der Waals surface area contributed by atoms with Crippen molar-refractivity contribution in [3.8, 4) is 5.75 Å². The lowest BCUT2D eigenvalue weighted by Gasteiger charge is -2.23. The Kier molecular flexibility index (Phi) is 3.24. The van der Waals surface area contributed by atoms with Gasteiger partial charge in [0.05, 0.1) is 6.20 Å². The third-order valence-electron chi connectivity index (χ3n) is 3.28. The monoisotopic (exact) mass is 205 g/mol. The van der Waals surface area contributed by atoms with Gasteiger partial charge in [0, 0.05) is 6.20 Å². The second kappa shape index (κ2) is 4.65. The average Bonchev–Trinajstić information content (AvgIpc) is 2.67. The largest absolute Gasteiger partial charge is 0.489 e. The highest BCUT2D eigenvalue weighted by molar-refractivity contribution is 5.16. The number of hydrogen-bond acceptors (Lipinski definition) is 2. The zero-order chi connectivity index (χ0) is 10.7. The first-order valence-electron chi connectivity index (χ1n) is 5.84. The first kappa shape index (κ1) is 10.5. The molecule has 0 amide bonds. The molecule has 1 fully saturated rings. The molecule has 2 heteroatoms. The lowest BCUT2D eigenvalue weighted by Crippen LogP contribution is -2.25. The number of nitrogens with zero attached hydrogens (tertiary/aromatic N) is 1. The summed E-state index contributed by atoms with van der Waals surface area (Å²) in [5.41, 5.74) is 0. The SMILES string of the molecule is CC(C)C1CCCC1Oc1cccnc1. The highest BCUT2D eigenvalue weighted by Gasteiger charge is 2.31. The minimum absolute atomic E-state index is 0.397. The van der Waals surface area contributed by atoms with Crippen molar-refractivity contribution >= 4 is 0 Å². The number of aromatic nitrogens is 1. The van der Waals surface area contributed by atoms with Crippen molar-refractivity contribution in [3.05, 3.63) is 24.5 Å². The Labute approximate surface area is 91.7 Å². The molecular formula is C13H19NO. The summed E-state index contributed by atoms with van der Waals surface area (Å²) in [6.45, 7) is 4.57. The molecule has 1 aromatic rings. The predicted octanol–water partition coefficient (Wildman–Crippen LogP) is 3.29. The van der Waals surface area contributed by atoms with Gasteiger partial charge in [-0.25, -0.2) is 0 Å². The first-order valence-corrected chi connectivity index (χ1v) is 5.84. The minimum atomic E-state index is 0.397. The summed E-state index contributed by atoms with van der Waals surface area (Å²) in [4.78, 5) is 4.07. The topological polar surface area (TPSA) is 22.1 Å². The summed E-state index contributed by atoms with van der Waals surface area (Å²) in [7, 11) is 0. The van der Waals surface area contributed by atoms with Crippen LogP contribution in [0, 0.1) is 11.8 Å². The standard InChI is InChI=1S/C13H19NO/c1-10(2)12-6-3-7-13(12)15-11-5-4-8-14-9-11/h4-5,8-10,12-13H,3,6-7H2,1-2H3. The highest BCUT2D eigenvalue weighted by Crippen LogP contribution is 2.34. The molecule has 1 aromatic heterocycles. The van der Waals surface area contributed by atoms with Gasteiger partial charge < -0.3 is 4.74 Å². The van der Waals surface area contributed by atoms with Crippen LogP contribution in [0.2, 0.25) is 0 Å². The van der Waals surface area contributed by atoms with Crippen LogP contribution >= 0.6 is 0 Å². The molecule has 0 radical (unpaired) electrons. The van der Waals surface area contributed by atoms with Crippen molar-refractivity contribution in [1.29, 1.82) is 0 Å². The number of hydrogen-bond donors (Lipinski definition) is 0. The van der Waals surface area contributed by atoms with Gasteiger partial charge in [-0.2, -0.15) is 0 Å². The molecular weight excluding hydrogens is 186 g/mol. The van der Waals surface area contributed by atoms with Gasteiger partial charge in [0.15, 0.2) is 0 Å². The van der Waals surface area contributed by atoms with E-state index in [1.807, 2.05) is 12.1 Å². The molecule has 1 saturated carbocycles. The third-order valence-corrected chi connectivity index (χ3v) is 3.28. The number of rotatable bonds is 3. The van der Waals surface area contributed by atoms with Crippen LogP contribution in [0.3, 0.4) is 0 Å². The molecule has 2 nitrogen and oxygen atoms in total. The second-order valence-corrected chi connectivity index (χ2v) is 4.68. The zero-order valence-corrected chi connectivity index (χ0v) is 9.52. The molecule has 1 aliphatic rings. The summed E-state index contributed by atoms with van der Waals surface area (Å²) >= 11 is 0. The molecule has 0 aromatic carbocycles. The van der Waals surface area contributed by atoms with E-state index in [0.717, 1.165) is 5.75 Å². The van der Waals surface area contributed by atoms with Gasteiger partial charge >= 0.3 is 0 Å². The lowest BCUT2D eigenvalue weighted by atomic mass is 9.92. The van der Waals surface area contributed by atoms with Crippen molar-refractivity contribution in [2.24, 2.45) is 11.8 Å². The molecule has 2 unspecified atom stereocenters. The van der Waals surface area contributed by atoms with Crippen LogP contribution in [0.4, 0.5) is 0 Å². The molecule has 1 aliphatic carbocycles. The highest BCUT2D eigenvalue weighted by atomic mass is 16.5. The maximum Gasteiger partial charge on any atom is 0.138 e. The Morgan fingerprint density at radius 1 is 1.40 bits per heavy atom. The van der Waals surface area contributed by atoms with Crippen LogP contribution in [-0.2, 0) is 0 Å². The van der Waals surface area contributed by atoms with E-state index in [4.69, 9.17) is 4.74 Å². The molecule has 15 heavy (non-hydrogen) atoms. The Morgan fingerprint density at radius 2 is 2.27 bits per heavy atom. The van der Waals surface area contributed by atoms with Crippen molar-refractivity contribution < 1.29 is 4.74 Å². The molecule has 0 saturated heterocycles. The summed E-state index contributed by atoms with van der Waals surface area (Å²) in [5.74, 6) is 2.34. The van der Waals surface area contributed by atoms with E-state index >= 15 is 0 Å². The van der Waals surface area contributed by atoms with Gasteiger partial charge in [0.1, 0.15) is 11.9 Å². The van der Waals surface area contributed by atoms with E-state index < -0.39 is 0 Å². The molecule has 0 N–H and O–H groups in total. The molecule has 82 valence electrons. The summed E-state index contributed by atoms with van der Waals surface area (Å²) in [6, 6.07) is 3.91. The van der Waals surface area contributed by atoms with E-state index in [1.165, 1.54) is 19.3 Å². The van der Waals surface area contributed by atoms with Gasteiger partial charge in [-0.05, 0) is 43.2 Å². The Morgan fingerprint density at radius 3 is 2.93 bits per heavy atom. The van der Waals surface area contributed by atoms with Gasteiger partial charge in [-0.3, -0.25) is 4.98 Å². The molecule has 0 aliphatic heterocycles. The maximum atomic E-state index is 5.99. The smallest absolute Gasteiger partial charge is 0.138 e. The first-order chi connectivity index (χ1) is 7.27. The zero-order valence-electron chi connectivity index (χ0n) is 9.52. The quantitative estimate of drug-likeness (QED) is 0.755. The molecule has 2 rings (SSSR count). The number of ether oxygens (including phenoxy) is 1. The summed E-state index contributed by atoms with van der Waals surface area (Å²) in [6.07, 6.45) is 7.78. The van der Waals surface area contributed by atoms with Gasteiger partial charge in [0.2, 0.25) is 0 Å². The van der Waals surface area contributed by atoms with Gasteiger partial charge in [0.25, 0.3) is 0 Å². The lowest BCUT2D eigenvalue weighted by molar-refractivity contribution is 0.131. The van der Waals surface area contributed by atoms with Crippen molar-refractivity contribution in [2.45, 2.75) is 39.2 Å². The van der Waals surface area contributed by atoms with Crippen molar-refractivity contribution in [3.63, 3.8) is 0 Å². The van der Waals surface area contributed by atoms with Gasteiger partial charge in [-0.15, -0.1) is 0 Å². The van der Waals surface area contributed by atoms with E-state index in [1.54, 1.807) is 12.4 Å². The second-order valence-electron chi connectivity index (χ2n) is 4.68. The normalized spacial score (nSPS) is 25.8. The van der Waals surface area contributed by atoms with E-state index in [-0.39, 0.29) is 0 Å². The average molecular weight is 205 g/mol. The fraction of sp³-hybridized carbons (Fsp3) is 0.615. The van der Waals surface area contributed by atoms with E-state index in [0.29, 0.717) is 17.9 Å². The maximum absolute atomic E-state index is 5.99.